The van der Waals surface area contributed by atoms with E-state index in [-0.39, 0.29) is 17.2 Å². The summed E-state index contributed by atoms with van der Waals surface area (Å²) in [6.07, 6.45) is 3.44. The molecule has 4 atom stereocenters. The summed E-state index contributed by atoms with van der Waals surface area (Å²) >= 11 is 1.31. The smallest absolute Gasteiger partial charge is 0.233 e. The number of aromatic nitrogens is 3. The van der Waals surface area contributed by atoms with Crippen molar-refractivity contribution in [2.24, 2.45) is 11.8 Å². The van der Waals surface area contributed by atoms with Gasteiger partial charge >= 0.3 is 0 Å². The van der Waals surface area contributed by atoms with Crippen LogP contribution in [0.5, 0.6) is 5.75 Å². The number of para-hydroxylation sites is 1. The van der Waals surface area contributed by atoms with Gasteiger partial charge in [-0.3, -0.25) is 4.79 Å². The number of carbonyl (C=O) groups excluding carboxylic acids is 1. The van der Waals surface area contributed by atoms with Crippen molar-refractivity contribution in [1.82, 2.24) is 20.2 Å². The van der Waals surface area contributed by atoms with Crippen LogP contribution in [0.3, 0.4) is 0 Å². The Bertz CT molecular complexity index is 825. The summed E-state index contributed by atoms with van der Waals surface area (Å²) in [4.78, 5) is 12.7. The molecule has 28 heavy (non-hydrogen) atoms. The molecule has 0 bridgehead atoms. The fraction of sp³-hybridized carbons (Fsp3) is 0.550. The van der Waals surface area contributed by atoms with Crippen LogP contribution in [0.2, 0.25) is 0 Å². The summed E-state index contributed by atoms with van der Waals surface area (Å²) in [5.74, 6) is 8.53. The SMILES string of the molecule is COc1ccccc1-c1nnc(SC(C)C(=O)NC2CCCC(C)C2C)n1N. The molecule has 1 saturated carbocycles. The van der Waals surface area contributed by atoms with Crippen molar-refractivity contribution in [1.29, 1.82) is 0 Å². The van der Waals surface area contributed by atoms with Crippen LogP contribution in [0, 0.1) is 11.8 Å². The molecule has 1 aromatic carbocycles. The van der Waals surface area contributed by atoms with Crippen LogP contribution in [0.15, 0.2) is 29.4 Å². The van der Waals surface area contributed by atoms with Gasteiger partial charge in [0, 0.05) is 6.04 Å². The summed E-state index contributed by atoms with van der Waals surface area (Å²) in [6, 6.07) is 7.73. The Balaban J connectivity index is 1.68. The number of ether oxygens (including phenoxy) is 1. The predicted molar refractivity (Wildman–Crippen MR) is 112 cm³/mol. The molecule has 152 valence electrons. The molecule has 1 fully saturated rings. The first kappa shape index (κ1) is 20.5. The van der Waals surface area contributed by atoms with E-state index in [1.165, 1.54) is 22.9 Å². The van der Waals surface area contributed by atoms with E-state index in [2.05, 4.69) is 29.4 Å². The molecule has 1 aliphatic rings. The van der Waals surface area contributed by atoms with Crippen molar-refractivity contribution in [2.75, 3.05) is 13.0 Å². The number of carbonyl (C=O) groups is 1. The lowest BCUT2D eigenvalue weighted by atomic mass is 9.78. The lowest BCUT2D eigenvalue weighted by molar-refractivity contribution is -0.121. The largest absolute Gasteiger partial charge is 0.496 e. The van der Waals surface area contributed by atoms with Gasteiger partial charge in [-0.05, 0) is 37.3 Å². The molecular formula is C20H29N5O2S. The summed E-state index contributed by atoms with van der Waals surface area (Å²) in [6.45, 7) is 6.36. The molecule has 7 nitrogen and oxygen atoms in total. The molecule has 8 heteroatoms. The average molecular weight is 404 g/mol. The van der Waals surface area contributed by atoms with Gasteiger partial charge in [-0.25, -0.2) is 4.68 Å². The highest BCUT2D eigenvalue weighted by atomic mass is 32.2. The van der Waals surface area contributed by atoms with Crippen molar-refractivity contribution >= 4 is 17.7 Å². The van der Waals surface area contributed by atoms with Crippen LogP contribution in [-0.4, -0.2) is 39.2 Å². The molecule has 1 aliphatic carbocycles. The molecule has 1 amide bonds. The molecule has 4 unspecified atom stereocenters. The number of thioether (sulfide) groups is 1. The quantitative estimate of drug-likeness (QED) is 0.568. The number of nitrogens with zero attached hydrogens (tertiary/aromatic N) is 3. The summed E-state index contributed by atoms with van der Waals surface area (Å²) in [5, 5.41) is 11.8. The number of rotatable bonds is 6. The first-order valence-electron chi connectivity index (χ1n) is 9.73. The number of nitrogens with one attached hydrogen (secondary N) is 1. The maximum absolute atomic E-state index is 12.7. The third-order valence-corrected chi connectivity index (χ3v) is 6.76. The molecule has 0 saturated heterocycles. The molecule has 0 aliphatic heterocycles. The van der Waals surface area contributed by atoms with Gasteiger partial charge in [-0.15, -0.1) is 10.2 Å². The highest BCUT2D eigenvalue weighted by Crippen LogP contribution is 2.32. The number of hydrogen-bond donors (Lipinski definition) is 2. The van der Waals surface area contributed by atoms with Gasteiger partial charge in [0.2, 0.25) is 11.1 Å². The average Bonchev–Trinajstić information content (AvgIpc) is 3.05. The Morgan fingerprint density at radius 1 is 1.32 bits per heavy atom. The zero-order valence-corrected chi connectivity index (χ0v) is 17.7. The summed E-state index contributed by atoms with van der Waals surface area (Å²) < 4.78 is 6.79. The van der Waals surface area contributed by atoms with Gasteiger partial charge in [0.25, 0.3) is 0 Å². The van der Waals surface area contributed by atoms with Crippen LogP contribution in [0.1, 0.15) is 40.0 Å². The Hall–Kier alpha value is -2.22. The first-order chi connectivity index (χ1) is 13.4. The van der Waals surface area contributed by atoms with Crippen LogP contribution in [-0.2, 0) is 4.79 Å². The maximum Gasteiger partial charge on any atom is 0.233 e. The number of methoxy groups -OCH3 is 1. The minimum Gasteiger partial charge on any atom is -0.496 e. The van der Waals surface area contributed by atoms with E-state index in [4.69, 9.17) is 10.6 Å². The van der Waals surface area contributed by atoms with Gasteiger partial charge in [0.15, 0.2) is 5.82 Å². The Kier molecular flexibility index (Phi) is 6.49. The van der Waals surface area contributed by atoms with E-state index in [9.17, 15) is 4.79 Å². The zero-order valence-electron chi connectivity index (χ0n) is 16.9. The van der Waals surface area contributed by atoms with Gasteiger partial charge < -0.3 is 15.9 Å². The van der Waals surface area contributed by atoms with Crippen LogP contribution >= 0.6 is 11.8 Å². The normalized spacial score (nSPS) is 23.2. The van der Waals surface area contributed by atoms with E-state index < -0.39 is 0 Å². The Labute approximate surface area is 170 Å². The highest BCUT2D eigenvalue weighted by Gasteiger charge is 2.30. The second kappa shape index (κ2) is 8.86. The molecule has 0 spiro atoms. The van der Waals surface area contributed by atoms with Gasteiger partial charge in [-0.2, -0.15) is 0 Å². The second-order valence-corrected chi connectivity index (χ2v) is 8.83. The van der Waals surface area contributed by atoms with Crippen molar-refractivity contribution in [2.45, 2.75) is 56.5 Å². The maximum atomic E-state index is 12.7. The summed E-state index contributed by atoms with van der Waals surface area (Å²) in [5.41, 5.74) is 0.758. The molecule has 3 N–H and O–H groups in total. The minimum absolute atomic E-state index is 0.0118. The van der Waals surface area contributed by atoms with Crippen LogP contribution < -0.4 is 15.9 Å². The summed E-state index contributed by atoms with van der Waals surface area (Å²) in [7, 11) is 1.60. The number of nitrogens with two attached hydrogens (primary N) is 1. The fourth-order valence-corrected chi connectivity index (χ4v) is 4.45. The Morgan fingerprint density at radius 3 is 2.82 bits per heavy atom. The van der Waals surface area contributed by atoms with Crippen LogP contribution in [0.4, 0.5) is 0 Å². The monoisotopic (exact) mass is 403 g/mol. The third-order valence-electron chi connectivity index (χ3n) is 5.70. The predicted octanol–water partition coefficient (Wildman–Crippen LogP) is 3.09. The molecular weight excluding hydrogens is 374 g/mol. The lowest BCUT2D eigenvalue weighted by Crippen LogP contribution is -2.46. The second-order valence-electron chi connectivity index (χ2n) is 7.52. The fourth-order valence-electron chi connectivity index (χ4n) is 3.67. The van der Waals surface area contributed by atoms with Crippen molar-refractivity contribution < 1.29 is 9.53 Å². The Morgan fingerprint density at radius 2 is 2.07 bits per heavy atom. The van der Waals surface area contributed by atoms with E-state index in [0.29, 0.717) is 28.6 Å². The number of nitrogen functional groups attached to an aromatic ring is 1. The molecule has 1 heterocycles. The van der Waals surface area contributed by atoms with Crippen molar-refractivity contribution in [3.63, 3.8) is 0 Å². The zero-order chi connectivity index (χ0) is 20.3. The van der Waals surface area contributed by atoms with Gasteiger partial charge in [0.1, 0.15) is 5.75 Å². The van der Waals surface area contributed by atoms with Crippen LogP contribution in [0.25, 0.3) is 11.4 Å². The van der Waals surface area contributed by atoms with E-state index in [0.717, 1.165) is 18.4 Å². The van der Waals surface area contributed by atoms with E-state index in [1.807, 2.05) is 31.2 Å². The highest BCUT2D eigenvalue weighted by molar-refractivity contribution is 8.00. The van der Waals surface area contributed by atoms with Gasteiger partial charge in [0.05, 0.1) is 17.9 Å². The lowest BCUT2D eigenvalue weighted by Gasteiger charge is -2.35. The molecule has 1 aromatic heterocycles. The molecule has 0 radical (unpaired) electrons. The van der Waals surface area contributed by atoms with Crippen molar-refractivity contribution in [3.8, 4) is 17.1 Å². The van der Waals surface area contributed by atoms with Crippen molar-refractivity contribution in [3.05, 3.63) is 24.3 Å². The topological polar surface area (TPSA) is 95.1 Å². The van der Waals surface area contributed by atoms with E-state index >= 15 is 0 Å². The first-order valence-corrected chi connectivity index (χ1v) is 10.6. The number of benzene rings is 1. The number of amides is 1. The number of hydrogen-bond acceptors (Lipinski definition) is 6. The van der Waals surface area contributed by atoms with E-state index in [1.54, 1.807) is 7.11 Å². The third kappa shape index (κ3) is 4.27. The molecule has 2 aromatic rings. The molecule has 3 rings (SSSR count). The standard InChI is InChI=1S/C20H29N5O2S/c1-12-8-7-10-16(13(12)2)22-19(26)14(3)28-20-24-23-18(25(20)21)15-9-5-6-11-17(15)27-4/h5-6,9,11-14,16H,7-8,10,21H2,1-4H3,(H,22,26). The minimum atomic E-state index is -0.318. The van der Waals surface area contributed by atoms with Gasteiger partial charge in [-0.1, -0.05) is 50.6 Å².